The number of hydrazine groups is 1. The summed E-state index contributed by atoms with van der Waals surface area (Å²) >= 11 is 5.22. The van der Waals surface area contributed by atoms with Gasteiger partial charge >= 0.3 is 0 Å². The Morgan fingerprint density at radius 3 is 2.36 bits per heavy atom. The quantitative estimate of drug-likeness (QED) is 0.684. The standard InChI is InChI=1S/C10H13N3S/c1-10(2)11-9(14)13(12-10)8-6-4-3-5-7-8/h3-7,12H,1-2H3,(H,11,14). The molecular formula is C10H13N3S. The van der Waals surface area contributed by atoms with Crippen LogP contribution >= 0.6 is 12.2 Å². The van der Waals surface area contributed by atoms with Gasteiger partial charge in [0.15, 0.2) is 5.11 Å². The Morgan fingerprint density at radius 2 is 1.86 bits per heavy atom. The highest BCUT2D eigenvalue weighted by molar-refractivity contribution is 7.80. The van der Waals surface area contributed by atoms with Crippen LogP contribution in [0.1, 0.15) is 13.8 Å². The van der Waals surface area contributed by atoms with Gasteiger partial charge in [0.25, 0.3) is 0 Å². The summed E-state index contributed by atoms with van der Waals surface area (Å²) in [5.41, 5.74) is 4.16. The summed E-state index contributed by atoms with van der Waals surface area (Å²) in [5.74, 6) is 0. The molecule has 0 radical (unpaired) electrons. The SMILES string of the molecule is CC1(C)NC(=S)N(c2ccccc2)N1. The molecule has 0 aromatic heterocycles. The van der Waals surface area contributed by atoms with E-state index in [9.17, 15) is 0 Å². The van der Waals surface area contributed by atoms with Crippen molar-refractivity contribution < 1.29 is 0 Å². The van der Waals surface area contributed by atoms with E-state index >= 15 is 0 Å². The number of nitrogens with zero attached hydrogens (tertiary/aromatic N) is 1. The van der Waals surface area contributed by atoms with Crippen molar-refractivity contribution in [2.75, 3.05) is 5.01 Å². The number of para-hydroxylation sites is 1. The maximum atomic E-state index is 5.22. The average molecular weight is 207 g/mol. The van der Waals surface area contributed by atoms with Crippen LogP contribution in [0.15, 0.2) is 30.3 Å². The highest BCUT2D eigenvalue weighted by Crippen LogP contribution is 2.17. The molecule has 1 aromatic rings. The first-order valence-corrected chi connectivity index (χ1v) is 4.94. The number of benzene rings is 1. The number of thiocarbonyl (C=S) groups is 1. The van der Waals surface area contributed by atoms with Gasteiger partial charge in [0, 0.05) is 0 Å². The summed E-state index contributed by atoms with van der Waals surface area (Å²) < 4.78 is 0. The van der Waals surface area contributed by atoms with E-state index in [4.69, 9.17) is 12.2 Å². The molecule has 0 amide bonds. The van der Waals surface area contributed by atoms with Crippen molar-refractivity contribution in [3.8, 4) is 0 Å². The molecule has 1 aliphatic heterocycles. The van der Waals surface area contributed by atoms with Crippen LogP contribution in [0.2, 0.25) is 0 Å². The van der Waals surface area contributed by atoms with Crippen molar-refractivity contribution in [3.05, 3.63) is 30.3 Å². The zero-order valence-electron chi connectivity index (χ0n) is 8.24. The van der Waals surface area contributed by atoms with Crippen molar-refractivity contribution in [1.82, 2.24) is 10.7 Å². The highest BCUT2D eigenvalue weighted by atomic mass is 32.1. The van der Waals surface area contributed by atoms with Gasteiger partial charge < -0.3 is 5.32 Å². The van der Waals surface area contributed by atoms with E-state index < -0.39 is 0 Å². The molecule has 0 spiro atoms. The van der Waals surface area contributed by atoms with Crippen molar-refractivity contribution in [2.24, 2.45) is 0 Å². The Hall–Kier alpha value is -1.13. The molecule has 0 aliphatic carbocycles. The Kier molecular flexibility index (Phi) is 2.17. The minimum absolute atomic E-state index is 0.174. The molecule has 1 fully saturated rings. The first-order valence-electron chi connectivity index (χ1n) is 4.54. The summed E-state index contributed by atoms with van der Waals surface area (Å²) in [5, 5.41) is 5.78. The fraction of sp³-hybridized carbons (Fsp3) is 0.300. The van der Waals surface area contributed by atoms with Crippen molar-refractivity contribution in [2.45, 2.75) is 19.5 Å². The van der Waals surface area contributed by atoms with E-state index in [0.717, 1.165) is 5.69 Å². The van der Waals surface area contributed by atoms with E-state index in [0.29, 0.717) is 5.11 Å². The fourth-order valence-electron chi connectivity index (χ4n) is 1.44. The fourth-order valence-corrected chi connectivity index (χ4v) is 1.85. The molecule has 4 heteroatoms. The van der Waals surface area contributed by atoms with Crippen molar-refractivity contribution in [3.63, 3.8) is 0 Å². The maximum absolute atomic E-state index is 5.22. The molecular weight excluding hydrogens is 194 g/mol. The molecule has 0 atom stereocenters. The van der Waals surface area contributed by atoms with Gasteiger partial charge in [0.2, 0.25) is 0 Å². The monoisotopic (exact) mass is 207 g/mol. The summed E-state index contributed by atoms with van der Waals surface area (Å²) in [7, 11) is 0. The lowest BCUT2D eigenvalue weighted by Gasteiger charge is -2.20. The predicted molar refractivity (Wildman–Crippen MR) is 61.9 cm³/mol. The first kappa shape index (κ1) is 9.43. The Morgan fingerprint density at radius 1 is 1.21 bits per heavy atom. The lowest BCUT2D eigenvalue weighted by Crippen LogP contribution is -2.45. The van der Waals surface area contributed by atoms with Gasteiger partial charge in [-0.15, -0.1) is 0 Å². The van der Waals surface area contributed by atoms with E-state index in [2.05, 4.69) is 10.7 Å². The Balaban J connectivity index is 2.26. The molecule has 74 valence electrons. The summed E-state index contributed by atoms with van der Waals surface area (Å²) in [6.07, 6.45) is 0. The van der Waals surface area contributed by atoms with Crippen LogP contribution in [0.25, 0.3) is 0 Å². The van der Waals surface area contributed by atoms with Crippen molar-refractivity contribution in [1.29, 1.82) is 0 Å². The second kappa shape index (κ2) is 3.22. The van der Waals surface area contributed by atoms with E-state index in [1.807, 2.05) is 49.2 Å². The van der Waals surface area contributed by atoms with Crippen LogP contribution in [0.3, 0.4) is 0 Å². The Bertz CT molecular complexity index is 348. The smallest absolute Gasteiger partial charge is 0.189 e. The van der Waals surface area contributed by atoms with Gasteiger partial charge in [-0.3, -0.25) is 5.01 Å². The second-order valence-electron chi connectivity index (χ2n) is 3.84. The number of rotatable bonds is 1. The molecule has 0 saturated carbocycles. The van der Waals surface area contributed by atoms with Crippen LogP contribution in [-0.2, 0) is 0 Å². The number of nitrogens with one attached hydrogen (secondary N) is 2. The topological polar surface area (TPSA) is 27.3 Å². The van der Waals surface area contributed by atoms with Gasteiger partial charge in [-0.25, -0.2) is 5.43 Å². The molecule has 1 aliphatic rings. The third-order valence-electron chi connectivity index (χ3n) is 2.03. The lowest BCUT2D eigenvalue weighted by atomic mass is 10.3. The second-order valence-corrected chi connectivity index (χ2v) is 4.22. The molecule has 0 bridgehead atoms. The molecule has 14 heavy (non-hydrogen) atoms. The Labute approximate surface area is 89.1 Å². The number of anilines is 1. The molecule has 2 rings (SSSR count). The molecule has 1 saturated heterocycles. The third-order valence-corrected chi connectivity index (χ3v) is 2.31. The average Bonchev–Trinajstić information content (AvgIpc) is 2.41. The van der Waals surface area contributed by atoms with Gasteiger partial charge in [-0.2, -0.15) is 0 Å². The minimum atomic E-state index is -0.174. The largest absolute Gasteiger partial charge is 0.342 e. The van der Waals surface area contributed by atoms with Crippen LogP contribution in [0.5, 0.6) is 0 Å². The zero-order valence-corrected chi connectivity index (χ0v) is 9.06. The van der Waals surface area contributed by atoms with E-state index in [-0.39, 0.29) is 5.66 Å². The zero-order chi connectivity index (χ0) is 10.2. The molecule has 2 N–H and O–H groups in total. The van der Waals surface area contributed by atoms with Gasteiger partial charge in [0.1, 0.15) is 5.66 Å². The maximum Gasteiger partial charge on any atom is 0.189 e. The van der Waals surface area contributed by atoms with Gasteiger partial charge in [-0.1, -0.05) is 18.2 Å². The van der Waals surface area contributed by atoms with Crippen LogP contribution in [-0.4, -0.2) is 10.8 Å². The number of hydrogen-bond acceptors (Lipinski definition) is 2. The van der Waals surface area contributed by atoms with Gasteiger partial charge in [-0.05, 0) is 38.2 Å². The van der Waals surface area contributed by atoms with Crippen LogP contribution in [0, 0.1) is 0 Å². The van der Waals surface area contributed by atoms with Gasteiger partial charge in [0.05, 0.1) is 5.69 Å². The highest BCUT2D eigenvalue weighted by Gasteiger charge is 2.31. The van der Waals surface area contributed by atoms with E-state index in [1.165, 1.54) is 0 Å². The first-order chi connectivity index (χ1) is 6.58. The molecule has 1 heterocycles. The van der Waals surface area contributed by atoms with E-state index in [1.54, 1.807) is 0 Å². The predicted octanol–water partition coefficient (Wildman–Crippen LogP) is 1.62. The van der Waals surface area contributed by atoms with Crippen LogP contribution in [0.4, 0.5) is 5.69 Å². The molecule has 1 aromatic carbocycles. The number of hydrogen-bond donors (Lipinski definition) is 2. The van der Waals surface area contributed by atoms with Crippen LogP contribution < -0.4 is 15.8 Å². The lowest BCUT2D eigenvalue weighted by molar-refractivity contribution is 0.415. The minimum Gasteiger partial charge on any atom is -0.342 e. The van der Waals surface area contributed by atoms with Crippen molar-refractivity contribution >= 4 is 23.0 Å². The summed E-state index contributed by atoms with van der Waals surface area (Å²) in [6.45, 7) is 4.09. The normalized spacial score (nSPS) is 19.6. The third kappa shape index (κ3) is 1.71. The molecule has 0 unspecified atom stereocenters. The molecule has 3 nitrogen and oxygen atoms in total. The summed E-state index contributed by atoms with van der Waals surface area (Å²) in [4.78, 5) is 0. The summed E-state index contributed by atoms with van der Waals surface area (Å²) in [6, 6.07) is 10.0.